The van der Waals surface area contributed by atoms with E-state index in [1.54, 1.807) is 6.07 Å². The first-order valence-corrected chi connectivity index (χ1v) is 5.57. The maximum absolute atomic E-state index is 13.5. The van der Waals surface area contributed by atoms with E-state index in [4.69, 9.17) is 9.52 Å². The minimum absolute atomic E-state index is 0.0233. The summed E-state index contributed by atoms with van der Waals surface area (Å²) in [6, 6.07) is 6.85. The SMILES string of the molecule is OCCNCc1ccc(-c2c(F)cccc2F)o1. The number of hydrogen-bond donors (Lipinski definition) is 2. The highest BCUT2D eigenvalue weighted by molar-refractivity contribution is 5.59. The fraction of sp³-hybridized carbons (Fsp3) is 0.231. The number of aliphatic hydroxyl groups excluding tert-OH is 1. The summed E-state index contributed by atoms with van der Waals surface area (Å²) in [4.78, 5) is 0. The van der Waals surface area contributed by atoms with Crippen LogP contribution >= 0.6 is 0 Å². The van der Waals surface area contributed by atoms with Gasteiger partial charge in [-0.25, -0.2) is 8.78 Å². The third kappa shape index (κ3) is 2.75. The van der Waals surface area contributed by atoms with Crippen LogP contribution in [-0.4, -0.2) is 18.3 Å². The van der Waals surface area contributed by atoms with E-state index in [1.165, 1.54) is 24.3 Å². The molecule has 18 heavy (non-hydrogen) atoms. The Kier molecular flexibility index (Phi) is 4.07. The van der Waals surface area contributed by atoms with Crippen molar-refractivity contribution in [3.63, 3.8) is 0 Å². The summed E-state index contributed by atoms with van der Waals surface area (Å²) >= 11 is 0. The van der Waals surface area contributed by atoms with E-state index in [0.29, 0.717) is 18.8 Å². The molecule has 1 aromatic heterocycles. The molecule has 2 N–H and O–H groups in total. The molecule has 1 heterocycles. The average Bonchev–Trinajstić information content (AvgIpc) is 2.78. The minimum atomic E-state index is -0.654. The van der Waals surface area contributed by atoms with Crippen molar-refractivity contribution in [3.05, 3.63) is 47.7 Å². The Morgan fingerprint density at radius 2 is 1.83 bits per heavy atom. The topological polar surface area (TPSA) is 45.4 Å². The standard InChI is InChI=1S/C13H13F2NO2/c14-10-2-1-3-11(15)13(10)12-5-4-9(18-12)8-16-6-7-17/h1-5,16-17H,6-8H2. The first-order chi connectivity index (χ1) is 8.72. The average molecular weight is 253 g/mol. The number of rotatable bonds is 5. The highest BCUT2D eigenvalue weighted by Crippen LogP contribution is 2.27. The molecule has 1 aromatic carbocycles. The molecule has 0 fully saturated rings. The van der Waals surface area contributed by atoms with E-state index in [-0.39, 0.29) is 17.9 Å². The number of nitrogens with one attached hydrogen (secondary N) is 1. The molecule has 2 rings (SSSR count). The van der Waals surface area contributed by atoms with E-state index in [2.05, 4.69) is 5.32 Å². The molecule has 5 heteroatoms. The minimum Gasteiger partial charge on any atom is -0.460 e. The van der Waals surface area contributed by atoms with Gasteiger partial charge < -0.3 is 14.8 Å². The summed E-state index contributed by atoms with van der Waals surface area (Å²) in [6.07, 6.45) is 0. The van der Waals surface area contributed by atoms with Gasteiger partial charge in [0.25, 0.3) is 0 Å². The smallest absolute Gasteiger partial charge is 0.140 e. The van der Waals surface area contributed by atoms with Gasteiger partial charge in [-0.15, -0.1) is 0 Å². The Morgan fingerprint density at radius 3 is 2.50 bits per heavy atom. The van der Waals surface area contributed by atoms with Gasteiger partial charge in [-0.05, 0) is 24.3 Å². The van der Waals surface area contributed by atoms with Crippen LogP contribution in [0.2, 0.25) is 0 Å². The fourth-order valence-corrected chi connectivity index (χ4v) is 1.63. The first-order valence-electron chi connectivity index (χ1n) is 5.57. The van der Waals surface area contributed by atoms with Gasteiger partial charge in [-0.3, -0.25) is 0 Å². The molecule has 0 aliphatic heterocycles. The van der Waals surface area contributed by atoms with Gasteiger partial charge in [-0.1, -0.05) is 6.07 Å². The number of furan rings is 1. The highest BCUT2D eigenvalue weighted by Gasteiger charge is 2.14. The molecule has 0 aliphatic carbocycles. The lowest BCUT2D eigenvalue weighted by Crippen LogP contribution is -2.16. The van der Waals surface area contributed by atoms with Crippen LogP contribution < -0.4 is 5.32 Å². The van der Waals surface area contributed by atoms with Crippen LogP contribution in [0, 0.1) is 11.6 Å². The van der Waals surface area contributed by atoms with Crippen molar-refractivity contribution in [2.45, 2.75) is 6.54 Å². The largest absolute Gasteiger partial charge is 0.460 e. The Labute approximate surface area is 103 Å². The number of benzene rings is 1. The predicted molar refractivity (Wildman–Crippen MR) is 62.9 cm³/mol. The summed E-state index contributed by atoms with van der Waals surface area (Å²) in [6.45, 7) is 0.857. The van der Waals surface area contributed by atoms with Gasteiger partial charge in [-0.2, -0.15) is 0 Å². The highest BCUT2D eigenvalue weighted by atomic mass is 19.1. The third-order valence-corrected chi connectivity index (χ3v) is 2.46. The molecule has 0 unspecified atom stereocenters. The Balaban J connectivity index is 2.19. The van der Waals surface area contributed by atoms with E-state index in [9.17, 15) is 8.78 Å². The summed E-state index contributed by atoms with van der Waals surface area (Å²) in [7, 11) is 0. The van der Waals surface area contributed by atoms with Crippen LogP contribution in [0.1, 0.15) is 5.76 Å². The molecule has 0 radical (unpaired) electrons. The predicted octanol–water partition coefficient (Wildman–Crippen LogP) is 2.31. The monoisotopic (exact) mass is 253 g/mol. The Morgan fingerprint density at radius 1 is 1.11 bits per heavy atom. The van der Waals surface area contributed by atoms with Crippen LogP contribution in [-0.2, 0) is 6.54 Å². The molecular weight excluding hydrogens is 240 g/mol. The Bertz CT molecular complexity index is 505. The molecule has 0 saturated heterocycles. The molecule has 0 spiro atoms. The summed E-state index contributed by atoms with van der Waals surface area (Å²) < 4.78 is 32.4. The van der Waals surface area contributed by atoms with Crippen molar-refractivity contribution in [3.8, 4) is 11.3 Å². The van der Waals surface area contributed by atoms with Gasteiger partial charge in [0.2, 0.25) is 0 Å². The van der Waals surface area contributed by atoms with E-state index in [0.717, 1.165) is 0 Å². The molecule has 0 aliphatic rings. The van der Waals surface area contributed by atoms with Crippen LogP contribution in [0.15, 0.2) is 34.7 Å². The zero-order valence-electron chi connectivity index (χ0n) is 9.62. The van der Waals surface area contributed by atoms with Crippen LogP contribution in [0.5, 0.6) is 0 Å². The number of aliphatic hydroxyl groups is 1. The van der Waals surface area contributed by atoms with E-state index in [1.807, 2.05) is 0 Å². The van der Waals surface area contributed by atoms with E-state index < -0.39 is 11.6 Å². The number of hydrogen-bond acceptors (Lipinski definition) is 3. The molecule has 0 atom stereocenters. The van der Waals surface area contributed by atoms with Crippen molar-refractivity contribution in [2.24, 2.45) is 0 Å². The lowest BCUT2D eigenvalue weighted by Gasteiger charge is -2.02. The van der Waals surface area contributed by atoms with Crippen LogP contribution in [0.25, 0.3) is 11.3 Å². The van der Waals surface area contributed by atoms with Crippen LogP contribution in [0.3, 0.4) is 0 Å². The van der Waals surface area contributed by atoms with Crippen LogP contribution in [0.4, 0.5) is 8.78 Å². The van der Waals surface area contributed by atoms with Gasteiger partial charge in [0.05, 0.1) is 18.7 Å². The maximum atomic E-state index is 13.5. The van der Waals surface area contributed by atoms with Gasteiger partial charge in [0, 0.05) is 6.54 Å². The fourth-order valence-electron chi connectivity index (χ4n) is 1.63. The van der Waals surface area contributed by atoms with Gasteiger partial charge in [0.1, 0.15) is 23.2 Å². The summed E-state index contributed by atoms with van der Waals surface area (Å²) in [5.74, 6) is -0.592. The Hall–Kier alpha value is -1.72. The lowest BCUT2D eigenvalue weighted by molar-refractivity contribution is 0.290. The second-order valence-electron chi connectivity index (χ2n) is 3.76. The maximum Gasteiger partial charge on any atom is 0.140 e. The molecular formula is C13H13F2NO2. The van der Waals surface area contributed by atoms with Gasteiger partial charge in [0.15, 0.2) is 0 Å². The summed E-state index contributed by atoms with van der Waals surface area (Å²) in [5, 5.41) is 11.5. The van der Waals surface area contributed by atoms with Crippen molar-refractivity contribution in [1.82, 2.24) is 5.32 Å². The quantitative estimate of drug-likeness (QED) is 0.804. The normalized spacial score (nSPS) is 10.8. The number of halogens is 2. The van der Waals surface area contributed by atoms with Crippen molar-refractivity contribution >= 4 is 0 Å². The summed E-state index contributed by atoms with van der Waals surface area (Å²) in [5.41, 5.74) is -0.161. The molecule has 0 bridgehead atoms. The molecule has 96 valence electrons. The molecule has 0 amide bonds. The first kappa shape index (κ1) is 12.7. The zero-order valence-corrected chi connectivity index (χ0v) is 9.62. The molecule has 3 nitrogen and oxygen atoms in total. The molecule has 2 aromatic rings. The zero-order chi connectivity index (χ0) is 13.0. The van der Waals surface area contributed by atoms with Crippen molar-refractivity contribution in [1.29, 1.82) is 0 Å². The lowest BCUT2D eigenvalue weighted by atomic mass is 10.1. The van der Waals surface area contributed by atoms with Crippen molar-refractivity contribution in [2.75, 3.05) is 13.2 Å². The second-order valence-corrected chi connectivity index (χ2v) is 3.76. The van der Waals surface area contributed by atoms with E-state index >= 15 is 0 Å². The molecule has 0 saturated carbocycles. The van der Waals surface area contributed by atoms with Crippen molar-refractivity contribution < 1.29 is 18.3 Å². The third-order valence-electron chi connectivity index (χ3n) is 2.46. The second kappa shape index (κ2) is 5.75. The van der Waals surface area contributed by atoms with Gasteiger partial charge >= 0.3 is 0 Å².